The highest BCUT2D eigenvalue weighted by atomic mass is 16.2. The molecule has 2 heterocycles. The molecular weight excluding hydrogens is 226 g/mol. The van der Waals surface area contributed by atoms with Gasteiger partial charge >= 0.3 is 0 Å². The largest absolute Gasteiger partial charge is 0.334 e. The summed E-state index contributed by atoms with van der Waals surface area (Å²) in [5.74, 6) is 1.26. The van der Waals surface area contributed by atoms with Gasteiger partial charge in [-0.3, -0.25) is 9.89 Å². The number of amides is 1. The lowest BCUT2D eigenvalue weighted by Gasteiger charge is -2.26. The fraction of sp³-hybridized carbons (Fsp3) is 0.714. The van der Waals surface area contributed by atoms with Crippen LogP contribution in [-0.4, -0.2) is 33.6 Å². The van der Waals surface area contributed by atoms with Crippen LogP contribution in [0.3, 0.4) is 0 Å². The van der Waals surface area contributed by atoms with Gasteiger partial charge in [-0.15, -0.1) is 0 Å². The molecule has 1 aliphatic carbocycles. The summed E-state index contributed by atoms with van der Waals surface area (Å²) < 4.78 is 0. The smallest absolute Gasteiger partial charge is 0.274 e. The number of hydrogen-bond acceptors (Lipinski definition) is 2. The molecule has 1 N–H and O–H groups in total. The van der Waals surface area contributed by atoms with Crippen LogP contribution in [0, 0.1) is 5.92 Å². The molecule has 1 aliphatic heterocycles. The van der Waals surface area contributed by atoms with Crippen LogP contribution in [0.15, 0.2) is 6.07 Å². The Hall–Kier alpha value is -1.32. The van der Waals surface area contributed by atoms with E-state index in [0.717, 1.165) is 25.1 Å². The van der Waals surface area contributed by atoms with Crippen LogP contribution in [0.5, 0.6) is 0 Å². The zero-order valence-corrected chi connectivity index (χ0v) is 11.1. The summed E-state index contributed by atoms with van der Waals surface area (Å²) in [6, 6.07) is 2.34. The van der Waals surface area contributed by atoms with E-state index >= 15 is 0 Å². The van der Waals surface area contributed by atoms with E-state index < -0.39 is 0 Å². The van der Waals surface area contributed by atoms with Crippen LogP contribution in [0.2, 0.25) is 0 Å². The molecule has 4 heteroatoms. The van der Waals surface area contributed by atoms with E-state index in [4.69, 9.17) is 0 Å². The van der Waals surface area contributed by atoms with E-state index in [0.29, 0.717) is 23.6 Å². The number of H-pyrrole nitrogens is 1. The summed E-state index contributed by atoms with van der Waals surface area (Å²) >= 11 is 0. The first-order valence-corrected chi connectivity index (χ1v) is 7.03. The van der Waals surface area contributed by atoms with Gasteiger partial charge in [0.15, 0.2) is 0 Å². The summed E-state index contributed by atoms with van der Waals surface area (Å²) in [7, 11) is 0. The maximum atomic E-state index is 12.5. The Morgan fingerprint density at radius 3 is 2.89 bits per heavy atom. The summed E-state index contributed by atoms with van der Waals surface area (Å²) in [4.78, 5) is 14.5. The van der Waals surface area contributed by atoms with E-state index in [1.54, 1.807) is 0 Å². The van der Waals surface area contributed by atoms with Gasteiger partial charge < -0.3 is 4.90 Å². The third kappa shape index (κ3) is 2.04. The molecule has 2 fully saturated rings. The number of likely N-dealkylation sites (tertiary alicyclic amines) is 1. The molecule has 1 saturated carbocycles. The van der Waals surface area contributed by atoms with Gasteiger partial charge in [0.2, 0.25) is 0 Å². The van der Waals surface area contributed by atoms with E-state index in [-0.39, 0.29) is 5.91 Å². The zero-order valence-electron chi connectivity index (χ0n) is 11.1. The van der Waals surface area contributed by atoms with Crippen molar-refractivity contribution in [3.8, 4) is 0 Å². The van der Waals surface area contributed by atoms with Gasteiger partial charge in [-0.2, -0.15) is 5.10 Å². The summed E-state index contributed by atoms with van der Waals surface area (Å²) in [5.41, 5.74) is 1.74. The SMILES string of the molecule is CC(C)C1CCCN1C(=O)c1cc(C2CC2)[nH]n1. The lowest BCUT2D eigenvalue weighted by molar-refractivity contribution is 0.0695. The van der Waals surface area contributed by atoms with Crippen LogP contribution in [-0.2, 0) is 0 Å². The topological polar surface area (TPSA) is 49.0 Å². The summed E-state index contributed by atoms with van der Waals surface area (Å²) in [5, 5.41) is 7.22. The molecule has 0 radical (unpaired) electrons. The Morgan fingerprint density at radius 2 is 2.22 bits per heavy atom. The van der Waals surface area contributed by atoms with Gasteiger partial charge in [-0.05, 0) is 37.7 Å². The molecule has 98 valence electrons. The first-order chi connectivity index (χ1) is 8.66. The van der Waals surface area contributed by atoms with E-state index in [1.165, 1.54) is 12.8 Å². The molecule has 0 aromatic carbocycles. The number of hydrogen-bond donors (Lipinski definition) is 1. The van der Waals surface area contributed by atoms with Crippen LogP contribution in [0.4, 0.5) is 0 Å². The molecule has 1 aromatic heterocycles. The average Bonchev–Trinajstić information content (AvgIpc) is 2.92. The first kappa shape index (κ1) is 11.8. The Bertz CT molecular complexity index is 448. The fourth-order valence-corrected chi connectivity index (χ4v) is 2.93. The minimum absolute atomic E-state index is 0.106. The highest BCUT2D eigenvalue weighted by Gasteiger charge is 2.33. The van der Waals surface area contributed by atoms with Crippen molar-refractivity contribution in [2.45, 2.75) is 51.5 Å². The molecule has 1 unspecified atom stereocenters. The Kier molecular flexibility index (Phi) is 2.88. The third-order valence-corrected chi connectivity index (χ3v) is 4.16. The predicted molar refractivity (Wildman–Crippen MR) is 69.5 cm³/mol. The van der Waals surface area contributed by atoms with E-state index in [9.17, 15) is 4.79 Å². The second kappa shape index (κ2) is 4.41. The number of carbonyl (C=O) groups excluding carboxylic acids is 1. The normalized spacial score (nSPS) is 23.9. The monoisotopic (exact) mass is 247 g/mol. The lowest BCUT2D eigenvalue weighted by Crippen LogP contribution is -2.38. The van der Waals surface area contributed by atoms with Crippen molar-refractivity contribution in [3.63, 3.8) is 0 Å². The second-order valence-electron chi connectivity index (χ2n) is 5.93. The zero-order chi connectivity index (χ0) is 12.7. The average molecular weight is 247 g/mol. The molecule has 0 bridgehead atoms. The van der Waals surface area contributed by atoms with Gasteiger partial charge in [0.1, 0.15) is 5.69 Å². The van der Waals surface area contributed by atoms with Crippen molar-refractivity contribution in [1.29, 1.82) is 0 Å². The number of aromatic amines is 1. The molecule has 1 aromatic rings. The second-order valence-corrected chi connectivity index (χ2v) is 5.93. The van der Waals surface area contributed by atoms with Crippen molar-refractivity contribution in [3.05, 3.63) is 17.5 Å². The molecule has 1 atom stereocenters. The number of rotatable bonds is 3. The molecular formula is C14H21N3O. The van der Waals surface area contributed by atoms with Gasteiger partial charge in [0.05, 0.1) is 0 Å². The van der Waals surface area contributed by atoms with E-state index in [1.807, 2.05) is 11.0 Å². The van der Waals surface area contributed by atoms with Crippen molar-refractivity contribution in [1.82, 2.24) is 15.1 Å². The third-order valence-electron chi connectivity index (χ3n) is 4.16. The van der Waals surface area contributed by atoms with Crippen molar-refractivity contribution < 1.29 is 4.79 Å². The molecule has 18 heavy (non-hydrogen) atoms. The van der Waals surface area contributed by atoms with Crippen LogP contribution >= 0.6 is 0 Å². The minimum atomic E-state index is 0.106. The van der Waals surface area contributed by atoms with Gasteiger partial charge in [-0.25, -0.2) is 0 Å². The maximum Gasteiger partial charge on any atom is 0.274 e. The van der Waals surface area contributed by atoms with Crippen molar-refractivity contribution in [2.75, 3.05) is 6.54 Å². The Balaban J connectivity index is 1.76. The maximum absolute atomic E-state index is 12.5. The molecule has 4 nitrogen and oxygen atoms in total. The van der Waals surface area contributed by atoms with Crippen molar-refractivity contribution in [2.24, 2.45) is 5.92 Å². The van der Waals surface area contributed by atoms with Crippen LogP contribution in [0.25, 0.3) is 0 Å². The number of carbonyl (C=O) groups is 1. The van der Waals surface area contributed by atoms with Crippen molar-refractivity contribution >= 4 is 5.91 Å². The lowest BCUT2D eigenvalue weighted by atomic mass is 10.0. The highest BCUT2D eigenvalue weighted by Crippen LogP contribution is 2.39. The van der Waals surface area contributed by atoms with Crippen LogP contribution in [0.1, 0.15) is 61.6 Å². The van der Waals surface area contributed by atoms with Gasteiger partial charge in [0, 0.05) is 24.2 Å². The van der Waals surface area contributed by atoms with Crippen LogP contribution < -0.4 is 0 Å². The standard InChI is InChI=1S/C14H21N3O/c1-9(2)13-4-3-7-17(13)14(18)12-8-11(15-16-12)10-5-6-10/h8-10,13H,3-7H2,1-2H3,(H,15,16). The highest BCUT2D eigenvalue weighted by molar-refractivity contribution is 5.92. The Morgan fingerprint density at radius 1 is 1.44 bits per heavy atom. The van der Waals surface area contributed by atoms with E-state index in [2.05, 4.69) is 24.0 Å². The molecule has 1 saturated heterocycles. The molecule has 1 amide bonds. The number of nitrogens with zero attached hydrogens (tertiary/aromatic N) is 2. The van der Waals surface area contributed by atoms with Gasteiger partial charge in [0.25, 0.3) is 5.91 Å². The quantitative estimate of drug-likeness (QED) is 0.892. The number of nitrogens with one attached hydrogen (secondary N) is 1. The number of aromatic nitrogens is 2. The Labute approximate surface area is 108 Å². The minimum Gasteiger partial charge on any atom is -0.334 e. The fourth-order valence-electron chi connectivity index (χ4n) is 2.93. The summed E-state index contributed by atoms with van der Waals surface area (Å²) in [6.07, 6.45) is 4.71. The first-order valence-electron chi connectivity index (χ1n) is 7.03. The molecule has 2 aliphatic rings. The van der Waals surface area contributed by atoms with Gasteiger partial charge in [-0.1, -0.05) is 13.8 Å². The molecule has 3 rings (SSSR count). The summed E-state index contributed by atoms with van der Waals surface area (Å²) in [6.45, 7) is 5.26. The molecule has 0 spiro atoms. The predicted octanol–water partition coefficient (Wildman–Crippen LogP) is 2.55.